The molecule has 17 heavy (non-hydrogen) atoms. The Bertz CT molecular complexity index is 344. The minimum absolute atomic E-state index is 0.0914. The summed E-state index contributed by atoms with van der Waals surface area (Å²) in [4.78, 5) is 0. The summed E-state index contributed by atoms with van der Waals surface area (Å²) in [6.07, 6.45) is -0.524. The fraction of sp³-hybridized carbons (Fsp3) is 0.571. The molecule has 2 nitrogen and oxygen atoms in total. The molecule has 1 N–H and O–H groups in total. The van der Waals surface area contributed by atoms with Crippen LogP contribution in [0.25, 0.3) is 0 Å². The summed E-state index contributed by atoms with van der Waals surface area (Å²) < 4.78 is 18.3. The third kappa shape index (κ3) is 3.79. The second-order valence-corrected chi connectivity index (χ2v) is 5.13. The van der Waals surface area contributed by atoms with Crippen LogP contribution in [0, 0.1) is 5.82 Å². The third-order valence-corrected chi connectivity index (χ3v) is 3.01. The molecule has 1 aromatic carbocycles. The zero-order valence-electron chi connectivity index (χ0n) is 10.9. The summed E-state index contributed by atoms with van der Waals surface area (Å²) in [5, 5.41) is 10.1. The van der Waals surface area contributed by atoms with Gasteiger partial charge in [0.05, 0.1) is 18.8 Å². The molecular weight excluding hydrogens is 219 g/mol. The Morgan fingerprint density at radius 3 is 2.24 bits per heavy atom. The fourth-order valence-electron chi connectivity index (χ4n) is 1.56. The predicted octanol–water partition coefficient (Wildman–Crippen LogP) is 2.89. The Balaban J connectivity index is 2.75. The smallest absolute Gasteiger partial charge is 0.123 e. The number of benzene rings is 1. The summed E-state index contributed by atoms with van der Waals surface area (Å²) in [5.41, 5.74) is 0.446. The van der Waals surface area contributed by atoms with Gasteiger partial charge in [-0.15, -0.1) is 0 Å². The van der Waals surface area contributed by atoms with Gasteiger partial charge in [0.15, 0.2) is 0 Å². The van der Waals surface area contributed by atoms with E-state index >= 15 is 0 Å². The minimum atomic E-state index is -0.615. The Kier molecular flexibility index (Phi) is 4.66. The van der Waals surface area contributed by atoms with E-state index in [0.717, 1.165) is 5.56 Å². The molecule has 0 fully saturated rings. The van der Waals surface area contributed by atoms with Crippen LogP contribution in [-0.4, -0.2) is 23.9 Å². The van der Waals surface area contributed by atoms with E-state index in [1.165, 1.54) is 12.1 Å². The van der Waals surface area contributed by atoms with Gasteiger partial charge < -0.3 is 9.84 Å². The summed E-state index contributed by atoms with van der Waals surface area (Å²) in [5.74, 6) is -0.266. The van der Waals surface area contributed by atoms with Crippen molar-refractivity contribution in [3.63, 3.8) is 0 Å². The van der Waals surface area contributed by atoms with Crippen molar-refractivity contribution < 1.29 is 14.2 Å². The molecule has 0 saturated heterocycles. The third-order valence-electron chi connectivity index (χ3n) is 3.01. The number of aliphatic hydroxyl groups is 1. The van der Waals surface area contributed by atoms with Gasteiger partial charge in [0.1, 0.15) is 5.82 Å². The van der Waals surface area contributed by atoms with Gasteiger partial charge in [0.25, 0.3) is 0 Å². The van der Waals surface area contributed by atoms with Crippen LogP contribution in [0.3, 0.4) is 0 Å². The van der Waals surface area contributed by atoms with Crippen LogP contribution < -0.4 is 0 Å². The van der Waals surface area contributed by atoms with Gasteiger partial charge >= 0.3 is 0 Å². The van der Waals surface area contributed by atoms with Crippen LogP contribution in [0.5, 0.6) is 0 Å². The van der Waals surface area contributed by atoms with Crippen molar-refractivity contribution >= 4 is 0 Å². The Morgan fingerprint density at radius 2 is 1.76 bits per heavy atom. The molecule has 0 bridgehead atoms. The van der Waals surface area contributed by atoms with Gasteiger partial charge in [-0.25, -0.2) is 4.39 Å². The number of rotatable bonds is 5. The highest BCUT2D eigenvalue weighted by atomic mass is 19.1. The monoisotopic (exact) mass is 240 g/mol. The van der Waals surface area contributed by atoms with Crippen molar-refractivity contribution in [1.29, 1.82) is 0 Å². The Labute approximate surface area is 102 Å². The molecule has 0 aliphatic rings. The molecule has 1 unspecified atom stereocenters. The Hall–Kier alpha value is -0.930. The first-order valence-electron chi connectivity index (χ1n) is 5.89. The molecule has 1 aromatic rings. The number of hydrogen-bond donors (Lipinski definition) is 1. The van der Waals surface area contributed by atoms with Gasteiger partial charge in [-0.3, -0.25) is 0 Å². The predicted molar refractivity (Wildman–Crippen MR) is 66.5 cm³/mol. The maximum absolute atomic E-state index is 12.8. The van der Waals surface area contributed by atoms with Crippen LogP contribution in [0.4, 0.5) is 4.39 Å². The molecule has 0 radical (unpaired) electrons. The molecule has 0 aromatic heterocycles. The molecule has 0 aliphatic heterocycles. The normalized spacial score (nSPS) is 14.1. The van der Waals surface area contributed by atoms with Crippen molar-refractivity contribution in [3.05, 3.63) is 35.6 Å². The van der Waals surface area contributed by atoms with Gasteiger partial charge in [-0.1, -0.05) is 26.0 Å². The van der Waals surface area contributed by atoms with E-state index in [2.05, 4.69) is 0 Å². The first-order chi connectivity index (χ1) is 7.84. The highest BCUT2D eigenvalue weighted by molar-refractivity contribution is 5.25. The van der Waals surface area contributed by atoms with E-state index in [1.807, 2.05) is 27.7 Å². The minimum Gasteiger partial charge on any atom is -0.390 e. The van der Waals surface area contributed by atoms with Crippen LogP contribution in [0.1, 0.15) is 33.3 Å². The molecule has 1 rings (SSSR count). The summed E-state index contributed by atoms with van der Waals surface area (Å²) in [6, 6.07) is 6.22. The maximum Gasteiger partial charge on any atom is 0.123 e. The first kappa shape index (κ1) is 14.1. The summed E-state index contributed by atoms with van der Waals surface area (Å²) in [6.45, 7) is 7.99. The van der Waals surface area contributed by atoms with Gasteiger partial charge in [-0.2, -0.15) is 0 Å². The lowest BCUT2D eigenvalue weighted by atomic mass is 9.79. The molecule has 3 heteroatoms. The number of hydrogen-bond acceptors (Lipinski definition) is 2. The fourth-order valence-corrected chi connectivity index (χ4v) is 1.56. The summed E-state index contributed by atoms with van der Waals surface area (Å²) in [7, 11) is 0. The van der Waals surface area contributed by atoms with E-state index in [9.17, 15) is 9.50 Å². The second kappa shape index (κ2) is 5.61. The molecule has 0 saturated carbocycles. The zero-order valence-corrected chi connectivity index (χ0v) is 10.9. The van der Waals surface area contributed by atoms with Crippen molar-refractivity contribution in [2.75, 3.05) is 6.61 Å². The molecule has 0 heterocycles. The van der Waals surface area contributed by atoms with E-state index < -0.39 is 11.5 Å². The number of ether oxygens (including phenoxy) is 1. The molecule has 0 amide bonds. The van der Waals surface area contributed by atoms with Crippen LogP contribution in [0.15, 0.2) is 24.3 Å². The second-order valence-electron chi connectivity index (χ2n) is 5.13. The average Bonchev–Trinajstić information content (AvgIpc) is 2.26. The van der Waals surface area contributed by atoms with Gasteiger partial charge in [-0.05, 0) is 31.5 Å². The first-order valence-corrected chi connectivity index (χ1v) is 5.89. The number of aliphatic hydroxyl groups excluding tert-OH is 1. The van der Waals surface area contributed by atoms with Gasteiger partial charge in [0.2, 0.25) is 0 Å². The highest BCUT2D eigenvalue weighted by Crippen LogP contribution is 2.27. The van der Waals surface area contributed by atoms with Crippen molar-refractivity contribution in [1.82, 2.24) is 0 Å². The van der Waals surface area contributed by atoms with E-state index in [4.69, 9.17) is 4.74 Å². The zero-order chi connectivity index (χ0) is 13.1. The van der Waals surface area contributed by atoms with Crippen molar-refractivity contribution in [2.24, 2.45) is 0 Å². The molecule has 0 spiro atoms. The van der Waals surface area contributed by atoms with Crippen molar-refractivity contribution in [2.45, 2.75) is 45.3 Å². The van der Waals surface area contributed by atoms with E-state index in [1.54, 1.807) is 12.1 Å². The number of halogens is 1. The van der Waals surface area contributed by atoms with Crippen molar-refractivity contribution in [3.8, 4) is 0 Å². The highest BCUT2D eigenvalue weighted by Gasteiger charge is 2.30. The Morgan fingerprint density at radius 1 is 1.24 bits per heavy atom. The summed E-state index contributed by atoms with van der Waals surface area (Å²) >= 11 is 0. The topological polar surface area (TPSA) is 29.5 Å². The van der Waals surface area contributed by atoms with Gasteiger partial charge in [0, 0.05) is 5.41 Å². The SMILES string of the molecule is CC(C)OCC(O)C(C)(C)c1ccc(F)cc1. The van der Waals surface area contributed by atoms with Crippen LogP contribution >= 0.6 is 0 Å². The lowest BCUT2D eigenvalue weighted by molar-refractivity contribution is -0.0229. The average molecular weight is 240 g/mol. The molecular formula is C14H21FO2. The quantitative estimate of drug-likeness (QED) is 0.857. The molecule has 96 valence electrons. The van der Waals surface area contributed by atoms with E-state index in [0.29, 0.717) is 0 Å². The van der Waals surface area contributed by atoms with E-state index in [-0.39, 0.29) is 18.5 Å². The van der Waals surface area contributed by atoms with Crippen LogP contribution in [0.2, 0.25) is 0 Å². The maximum atomic E-state index is 12.8. The van der Waals surface area contributed by atoms with Crippen LogP contribution in [-0.2, 0) is 10.2 Å². The lowest BCUT2D eigenvalue weighted by Gasteiger charge is -2.31. The standard InChI is InChI=1S/C14H21FO2/c1-10(2)17-9-13(16)14(3,4)11-5-7-12(15)8-6-11/h5-8,10,13,16H,9H2,1-4H3. The largest absolute Gasteiger partial charge is 0.390 e. The molecule has 0 aliphatic carbocycles. The lowest BCUT2D eigenvalue weighted by Crippen LogP contribution is -2.37. The molecule has 1 atom stereocenters.